The summed E-state index contributed by atoms with van der Waals surface area (Å²) in [5, 5.41) is 18.5. The van der Waals surface area contributed by atoms with Crippen molar-refractivity contribution in [1.29, 1.82) is 0 Å². The van der Waals surface area contributed by atoms with Crippen LogP contribution in [-0.4, -0.2) is 39.6 Å². The minimum absolute atomic E-state index is 0.293. The largest absolute Gasteiger partial charge is 0.433 e. The van der Waals surface area contributed by atoms with E-state index in [2.05, 4.69) is 30.0 Å². The Kier molecular flexibility index (Phi) is 5.88. The molecule has 6 heteroatoms. The molecule has 0 aromatic rings. The number of hydrogen-bond acceptors (Lipinski definition) is 6. The minimum Gasteiger partial charge on any atom is -0.433 e. The van der Waals surface area contributed by atoms with Gasteiger partial charge in [0.15, 0.2) is 0 Å². The first-order valence-electron chi connectivity index (χ1n) is 4.15. The van der Waals surface area contributed by atoms with Crippen LogP contribution in [0.25, 0.3) is 0 Å². The molecule has 0 spiro atoms. The highest BCUT2D eigenvalue weighted by atomic mass is 32.1. The maximum atomic E-state index is 11.3. The van der Waals surface area contributed by atoms with Crippen molar-refractivity contribution in [3.63, 3.8) is 0 Å². The molecule has 0 aliphatic carbocycles. The Morgan fingerprint density at radius 3 is 2.14 bits per heavy atom. The van der Waals surface area contributed by atoms with Gasteiger partial charge in [-0.1, -0.05) is 0 Å². The SMILES string of the molecule is CC(C)(O)C(O)OC(=O)C(CS)CS. The number of rotatable bonds is 5. The van der Waals surface area contributed by atoms with Crippen LogP contribution in [0.5, 0.6) is 0 Å². The van der Waals surface area contributed by atoms with E-state index in [1.807, 2.05) is 0 Å². The summed E-state index contributed by atoms with van der Waals surface area (Å²) in [6.07, 6.45) is -1.53. The minimum atomic E-state index is -1.53. The zero-order chi connectivity index (χ0) is 11.4. The van der Waals surface area contributed by atoms with Gasteiger partial charge in [0.2, 0.25) is 6.29 Å². The van der Waals surface area contributed by atoms with Crippen LogP contribution in [0.3, 0.4) is 0 Å². The molecule has 0 aliphatic rings. The Bertz CT molecular complexity index is 186. The van der Waals surface area contributed by atoms with E-state index in [4.69, 9.17) is 0 Å². The van der Waals surface area contributed by atoms with Crippen molar-refractivity contribution in [2.75, 3.05) is 11.5 Å². The second-order valence-electron chi connectivity index (χ2n) is 3.50. The van der Waals surface area contributed by atoms with Crippen molar-refractivity contribution >= 4 is 31.2 Å². The van der Waals surface area contributed by atoms with Crippen molar-refractivity contribution in [2.45, 2.75) is 25.7 Å². The van der Waals surface area contributed by atoms with Gasteiger partial charge in [-0.3, -0.25) is 4.79 Å². The second-order valence-corrected chi connectivity index (χ2v) is 4.24. The summed E-state index contributed by atoms with van der Waals surface area (Å²) < 4.78 is 4.63. The lowest BCUT2D eigenvalue weighted by molar-refractivity contribution is -0.208. The molecule has 84 valence electrons. The van der Waals surface area contributed by atoms with Crippen LogP contribution in [0.4, 0.5) is 0 Å². The number of carbonyl (C=O) groups excluding carboxylic acids is 1. The third-order valence-electron chi connectivity index (χ3n) is 1.61. The van der Waals surface area contributed by atoms with Crippen LogP contribution in [0.2, 0.25) is 0 Å². The first-order chi connectivity index (χ1) is 6.32. The third-order valence-corrected chi connectivity index (χ3v) is 2.49. The molecule has 2 N–H and O–H groups in total. The van der Waals surface area contributed by atoms with Gasteiger partial charge < -0.3 is 14.9 Å². The summed E-state index contributed by atoms with van der Waals surface area (Å²) >= 11 is 7.87. The maximum Gasteiger partial charge on any atom is 0.313 e. The number of aliphatic hydroxyl groups is 2. The normalized spacial score (nSPS) is 14.2. The summed E-state index contributed by atoms with van der Waals surface area (Å²) in [7, 11) is 0. The fraction of sp³-hybridized carbons (Fsp3) is 0.875. The highest BCUT2D eigenvalue weighted by Gasteiger charge is 2.30. The van der Waals surface area contributed by atoms with Crippen LogP contribution in [0.1, 0.15) is 13.8 Å². The molecule has 0 fully saturated rings. The smallest absolute Gasteiger partial charge is 0.313 e. The predicted molar refractivity (Wildman–Crippen MR) is 59.6 cm³/mol. The molecule has 1 unspecified atom stereocenters. The third kappa shape index (κ3) is 4.54. The van der Waals surface area contributed by atoms with Crippen molar-refractivity contribution in [3.8, 4) is 0 Å². The molecule has 14 heavy (non-hydrogen) atoms. The van der Waals surface area contributed by atoms with E-state index in [0.717, 1.165) is 0 Å². The molecule has 0 bridgehead atoms. The van der Waals surface area contributed by atoms with Crippen molar-refractivity contribution in [1.82, 2.24) is 0 Å². The average molecular weight is 240 g/mol. The van der Waals surface area contributed by atoms with Gasteiger partial charge >= 0.3 is 5.97 Å². The van der Waals surface area contributed by atoms with Gasteiger partial charge in [-0.05, 0) is 13.8 Å². The highest BCUT2D eigenvalue weighted by molar-refractivity contribution is 7.81. The Morgan fingerprint density at radius 2 is 1.86 bits per heavy atom. The molecule has 0 heterocycles. The summed E-state index contributed by atoms with van der Waals surface area (Å²) in [5.74, 6) is -0.495. The van der Waals surface area contributed by atoms with E-state index >= 15 is 0 Å². The molecular formula is C8H16O4S2. The quantitative estimate of drug-likeness (QED) is 0.312. The molecule has 0 aromatic carbocycles. The van der Waals surface area contributed by atoms with Crippen LogP contribution in [0.15, 0.2) is 0 Å². The van der Waals surface area contributed by atoms with Crippen molar-refractivity contribution in [2.24, 2.45) is 5.92 Å². The molecule has 0 rings (SSSR count). The molecule has 0 saturated carbocycles. The fourth-order valence-corrected chi connectivity index (χ4v) is 1.32. The Morgan fingerprint density at radius 1 is 1.43 bits per heavy atom. The highest BCUT2D eigenvalue weighted by Crippen LogP contribution is 2.13. The lowest BCUT2D eigenvalue weighted by Gasteiger charge is -2.25. The van der Waals surface area contributed by atoms with Crippen LogP contribution >= 0.6 is 25.3 Å². The Hall–Kier alpha value is 0.0900. The topological polar surface area (TPSA) is 66.8 Å². The fourth-order valence-electron chi connectivity index (χ4n) is 0.557. The van der Waals surface area contributed by atoms with Crippen LogP contribution in [-0.2, 0) is 9.53 Å². The summed E-state index contributed by atoms with van der Waals surface area (Å²) in [5.41, 5.74) is -1.46. The maximum absolute atomic E-state index is 11.3. The Labute approximate surface area is 94.5 Å². The van der Waals surface area contributed by atoms with E-state index < -0.39 is 23.8 Å². The molecule has 0 aliphatic heterocycles. The van der Waals surface area contributed by atoms with Gasteiger partial charge in [-0.25, -0.2) is 0 Å². The monoisotopic (exact) mass is 240 g/mol. The van der Waals surface area contributed by atoms with Gasteiger partial charge in [0.05, 0.1) is 5.92 Å². The van der Waals surface area contributed by atoms with E-state index in [9.17, 15) is 15.0 Å². The molecule has 0 amide bonds. The second kappa shape index (κ2) is 5.85. The number of ether oxygens (including phenoxy) is 1. The van der Waals surface area contributed by atoms with Crippen LogP contribution in [0, 0.1) is 5.92 Å². The summed E-state index contributed by atoms with van der Waals surface area (Å²) in [4.78, 5) is 11.3. The average Bonchev–Trinajstić information content (AvgIpc) is 2.04. The van der Waals surface area contributed by atoms with Gasteiger partial charge in [-0.15, -0.1) is 0 Å². The van der Waals surface area contributed by atoms with Gasteiger partial charge in [0.25, 0.3) is 0 Å². The zero-order valence-electron chi connectivity index (χ0n) is 8.17. The first kappa shape index (κ1) is 14.1. The standard InChI is InChI=1S/C8H16O4S2/c1-8(2,11)7(10)12-6(9)5(3-13)4-14/h5,7,10-11,13-14H,3-4H2,1-2H3. The zero-order valence-corrected chi connectivity index (χ0v) is 9.96. The predicted octanol–water partition coefficient (Wildman–Crippen LogP) is 0.0947. The number of aliphatic hydroxyl groups excluding tert-OH is 1. The number of thiol groups is 2. The number of carbonyl (C=O) groups is 1. The lowest BCUT2D eigenvalue weighted by atomic mass is 10.1. The first-order valence-corrected chi connectivity index (χ1v) is 5.42. The van der Waals surface area contributed by atoms with E-state index in [1.54, 1.807) is 0 Å². The van der Waals surface area contributed by atoms with Crippen LogP contribution < -0.4 is 0 Å². The molecule has 0 saturated heterocycles. The molecule has 4 nitrogen and oxygen atoms in total. The summed E-state index contributed by atoms with van der Waals surface area (Å²) in [6, 6.07) is 0. The van der Waals surface area contributed by atoms with E-state index in [0.29, 0.717) is 11.5 Å². The van der Waals surface area contributed by atoms with Gasteiger partial charge in [0.1, 0.15) is 5.60 Å². The molecule has 0 aromatic heterocycles. The van der Waals surface area contributed by atoms with Crippen molar-refractivity contribution < 1.29 is 19.7 Å². The van der Waals surface area contributed by atoms with Gasteiger partial charge in [0, 0.05) is 11.5 Å². The summed E-state index contributed by atoms with van der Waals surface area (Å²) in [6.45, 7) is 2.70. The number of hydrogen-bond donors (Lipinski definition) is 4. The van der Waals surface area contributed by atoms with Crippen molar-refractivity contribution in [3.05, 3.63) is 0 Å². The van der Waals surface area contributed by atoms with E-state index in [-0.39, 0.29) is 0 Å². The molecule has 0 radical (unpaired) electrons. The molecule has 1 atom stereocenters. The van der Waals surface area contributed by atoms with E-state index in [1.165, 1.54) is 13.8 Å². The molecular weight excluding hydrogens is 224 g/mol. The van der Waals surface area contributed by atoms with Gasteiger partial charge in [-0.2, -0.15) is 25.3 Å². The Balaban J connectivity index is 4.18. The number of esters is 1. The lowest BCUT2D eigenvalue weighted by Crippen LogP contribution is -2.41.